The van der Waals surface area contributed by atoms with Crippen molar-refractivity contribution in [1.29, 1.82) is 0 Å². The van der Waals surface area contributed by atoms with Gasteiger partial charge in [0.1, 0.15) is 0 Å². The van der Waals surface area contributed by atoms with Crippen LogP contribution in [0.4, 0.5) is 17.6 Å². The van der Waals surface area contributed by atoms with E-state index in [1.54, 1.807) is 19.1 Å². The first-order valence-corrected chi connectivity index (χ1v) is 6.52. The van der Waals surface area contributed by atoms with E-state index in [4.69, 9.17) is 0 Å². The fourth-order valence-corrected chi connectivity index (χ4v) is 2.16. The van der Waals surface area contributed by atoms with Gasteiger partial charge < -0.3 is 5.32 Å². The molecule has 0 heterocycles. The Kier molecular flexibility index (Phi) is 4.49. The fraction of sp³-hybridized carbons (Fsp3) is 0.188. The molecule has 116 valence electrons. The molecule has 1 unspecified atom stereocenters. The SMILES string of the molecule is Cc1ccccc1C(C)NC(=O)c1cc(F)c(F)c(F)c1F. The van der Waals surface area contributed by atoms with Crippen molar-refractivity contribution in [3.8, 4) is 0 Å². The van der Waals surface area contributed by atoms with E-state index in [-0.39, 0.29) is 0 Å². The van der Waals surface area contributed by atoms with E-state index in [0.717, 1.165) is 11.1 Å². The van der Waals surface area contributed by atoms with Gasteiger partial charge in [-0.25, -0.2) is 17.6 Å². The smallest absolute Gasteiger partial charge is 0.254 e. The Morgan fingerprint density at radius 3 is 2.32 bits per heavy atom. The molecule has 2 rings (SSSR count). The Morgan fingerprint density at radius 2 is 1.68 bits per heavy atom. The molecule has 2 aromatic carbocycles. The van der Waals surface area contributed by atoms with Crippen LogP contribution < -0.4 is 5.32 Å². The van der Waals surface area contributed by atoms with Crippen LogP contribution in [0.25, 0.3) is 0 Å². The minimum atomic E-state index is -2.01. The number of halogens is 4. The van der Waals surface area contributed by atoms with Gasteiger partial charge in [0.25, 0.3) is 5.91 Å². The van der Waals surface area contributed by atoms with Crippen molar-refractivity contribution in [1.82, 2.24) is 5.32 Å². The molecule has 0 aromatic heterocycles. The van der Waals surface area contributed by atoms with Gasteiger partial charge in [-0.05, 0) is 31.0 Å². The second-order valence-corrected chi connectivity index (χ2v) is 4.90. The number of hydrogen-bond donors (Lipinski definition) is 1. The molecule has 2 nitrogen and oxygen atoms in total. The highest BCUT2D eigenvalue weighted by atomic mass is 19.2. The lowest BCUT2D eigenvalue weighted by molar-refractivity contribution is 0.0933. The number of nitrogens with one attached hydrogen (secondary N) is 1. The van der Waals surface area contributed by atoms with E-state index in [0.29, 0.717) is 6.07 Å². The van der Waals surface area contributed by atoms with Crippen molar-refractivity contribution < 1.29 is 22.4 Å². The number of hydrogen-bond acceptors (Lipinski definition) is 1. The third-order valence-electron chi connectivity index (χ3n) is 3.35. The highest BCUT2D eigenvalue weighted by molar-refractivity contribution is 5.94. The summed E-state index contributed by atoms with van der Waals surface area (Å²) < 4.78 is 52.8. The average molecular weight is 311 g/mol. The first-order chi connectivity index (χ1) is 10.3. The van der Waals surface area contributed by atoms with E-state index in [2.05, 4.69) is 5.32 Å². The maximum absolute atomic E-state index is 13.6. The van der Waals surface area contributed by atoms with Crippen LogP contribution in [0.1, 0.15) is 34.5 Å². The van der Waals surface area contributed by atoms with Gasteiger partial charge in [-0.1, -0.05) is 24.3 Å². The molecule has 1 amide bonds. The predicted octanol–water partition coefficient (Wildman–Crippen LogP) is 4.04. The lowest BCUT2D eigenvalue weighted by Crippen LogP contribution is -2.28. The molecule has 0 aliphatic carbocycles. The summed E-state index contributed by atoms with van der Waals surface area (Å²) in [5.41, 5.74) is 0.795. The molecular weight excluding hydrogens is 298 g/mol. The minimum absolute atomic E-state index is 0.341. The summed E-state index contributed by atoms with van der Waals surface area (Å²) in [6.45, 7) is 3.48. The third kappa shape index (κ3) is 2.95. The molecule has 0 bridgehead atoms. The van der Waals surface area contributed by atoms with Gasteiger partial charge >= 0.3 is 0 Å². The highest BCUT2D eigenvalue weighted by Gasteiger charge is 2.24. The van der Waals surface area contributed by atoms with Gasteiger partial charge in [0.05, 0.1) is 11.6 Å². The summed E-state index contributed by atoms with van der Waals surface area (Å²) in [6.07, 6.45) is 0. The zero-order valence-corrected chi connectivity index (χ0v) is 11.9. The number of benzene rings is 2. The molecule has 0 aliphatic rings. The summed E-state index contributed by atoms with van der Waals surface area (Å²) in [4.78, 5) is 12.0. The van der Waals surface area contributed by atoms with Gasteiger partial charge in [-0.15, -0.1) is 0 Å². The summed E-state index contributed by atoms with van der Waals surface area (Å²) in [7, 11) is 0. The van der Waals surface area contributed by atoms with E-state index in [9.17, 15) is 22.4 Å². The quantitative estimate of drug-likeness (QED) is 0.517. The number of amides is 1. The number of carbonyl (C=O) groups is 1. The molecule has 6 heteroatoms. The second-order valence-electron chi connectivity index (χ2n) is 4.90. The fourth-order valence-electron chi connectivity index (χ4n) is 2.16. The second kappa shape index (κ2) is 6.17. The van der Waals surface area contributed by atoms with E-state index in [1.807, 2.05) is 19.1 Å². The molecule has 1 atom stereocenters. The molecular formula is C16H13F4NO. The lowest BCUT2D eigenvalue weighted by Gasteiger charge is -2.17. The van der Waals surface area contributed by atoms with Crippen LogP contribution in [0.3, 0.4) is 0 Å². The molecule has 0 fully saturated rings. The lowest BCUT2D eigenvalue weighted by atomic mass is 10.0. The monoisotopic (exact) mass is 311 g/mol. The Bertz CT molecular complexity index is 730. The van der Waals surface area contributed by atoms with Crippen LogP contribution in [-0.2, 0) is 0 Å². The molecule has 0 saturated heterocycles. The summed E-state index contributed by atoms with van der Waals surface area (Å²) in [5.74, 6) is -8.30. The zero-order valence-electron chi connectivity index (χ0n) is 11.9. The van der Waals surface area contributed by atoms with E-state index >= 15 is 0 Å². The Balaban J connectivity index is 2.29. The van der Waals surface area contributed by atoms with Gasteiger partial charge in [-0.2, -0.15) is 0 Å². The van der Waals surface area contributed by atoms with Crippen LogP contribution in [0.15, 0.2) is 30.3 Å². The number of carbonyl (C=O) groups excluding carboxylic acids is 1. The van der Waals surface area contributed by atoms with Crippen molar-refractivity contribution in [2.45, 2.75) is 19.9 Å². The Hall–Kier alpha value is -2.37. The molecule has 22 heavy (non-hydrogen) atoms. The number of rotatable bonds is 3. The average Bonchev–Trinajstić information content (AvgIpc) is 2.49. The molecule has 0 radical (unpaired) electrons. The van der Waals surface area contributed by atoms with Crippen molar-refractivity contribution in [2.75, 3.05) is 0 Å². The molecule has 0 saturated carbocycles. The maximum atomic E-state index is 13.6. The Labute approximate surface area is 124 Å². The minimum Gasteiger partial charge on any atom is -0.345 e. The first-order valence-electron chi connectivity index (χ1n) is 6.52. The summed E-state index contributed by atoms with van der Waals surface area (Å²) in [5, 5.41) is 2.43. The van der Waals surface area contributed by atoms with Crippen LogP contribution in [0, 0.1) is 30.2 Å². The van der Waals surface area contributed by atoms with E-state index in [1.165, 1.54) is 0 Å². The van der Waals surface area contributed by atoms with Crippen LogP contribution in [0.5, 0.6) is 0 Å². The standard InChI is InChI=1S/C16H13F4NO/c1-8-5-3-4-6-10(8)9(2)21-16(22)11-7-12(17)14(19)15(20)13(11)18/h3-7,9H,1-2H3,(H,21,22). The predicted molar refractivity (Wildman–Crippen MR) is 73.3 cm³/mol. The number of aryl methyl sites for hydroxylation is 1. The van der Waals surface area contributed by atoms with Gasteiger partial charge in [-0.3, -0.25) is 4.79 Å². The molecule has 2 aromatic rings. The largest absolute Gasteiger partial charge is 0.345 e. The van der Waals surface area contributed by atoms with Crippen LogP contribution in [0.2, 0.25) is 0 Å². The topological polar surface area (TPSA) is 29.1 Å². The van der Waals surface area contributed by atoms with E-state index < -0.39 is 40.8 Å². The van der Waals surface area contributed by atoms with Crippen LogP contribution >= 0.6 is 0 Å². The third-order valence-corrected chi connectivity index (χ3v) is 3.35. The summed E-state index contributed by atoms with van der Waals surface area (Å²) >= 11 is 0. The van der Waals surface area contributed by atoms with Crippen LogP contribution in [-0.4, -0.2) is 5.91 Å². The van der Waals surface area contributed by atoms with Gasteiger partial charge in [0.15, 0.2) is 23.3 Å². The first kappa shape index (κ1) is 16.0. The van der Waals surface area contributed by atoms with Crippen molar-refractivity contribution >= 4 is 5.91 Å². The molecule has 0 spiro atoms. The molecule has 0 aliphatic heterocycles. The van der Waals surface area contributed by atoms with Crippen molar-refractivity contribution in [3.63, 3.8) is 0 Å². The molecule has 1 N–H and O–H groups in total. The normalized spacial score (nSPS) is 12.1. The van der Waals surface area contributed by atoms with Crippen molar-refractivity contribution in [3.05, 3.63) is 70.3 Å². The zero-order chi connectivity index (χ0) is 16.4. The Morgan fingerprint density at radius 1 is 1.05 bits per heavy atom. The van der Waals surface area contributed by atoms with Crippen molar-refractivity contribution in [2.24, 2.45) is 0 Å². The summed E-state index contributed by atoms with van der Waals surface area (Å²) in [6, 6.07) is 7.01. The maximum Gasteiger partial charge on any atom is 0.254 e. The van der Waals surface area contributed by atoms with Gasteiger partial charge in [0, 0.05) is 0 Å². The highest BCUT2D eigenvalue weighted by Crippen LogP contribution is 2.21. The van der Waals surface area contributed by atoms with Gasteiger partial charge in [0.2, 0.25) is 0 Å².